The number of benzene rings is 2. The summed E-state index contributed by atoms with van der Waals surface area (Å²) in [5, 5.41) is 1.99. The van der Waals surface area contributed by atoms with Gasteiger partial charge in [0.2, 0.25) is 0 Å². The summed E-state index contributed by atoms with van der Waals surface area (Å²) in [4.78, 5) is 28.8. The van der Waals surface area contributed by atoms with E-state index in [1.54, 1.807) is 4.57 Å². The summed E-state index contributed by atoms with van der Waals surface area (Å²) < 4.78 is 13.6. The Kier molecular flexibility index (Phi) is 6.83. The monoisotopic (exact) mass is 538 g/mol. The summed E-state index contributed by atoms with van der Waals surface area (Å²) in [6, 6.07) is 18.5. The molecule has 2 heterocycles. The van der Waals surface area contributed by atoms with E-state index in [1.807, 2.05) is 24.3 Å². The molecule has 1 fully saturated rings. The van der Waals surface area contributed by atoms with Gasteiger partial charge in [0.25, 0.3) is 0 Å². The van der Waals surface area contributed by atoms with Gasteiger partial charge in [0.1, 0.15) is 0 Å². The Hall–Kier alpha value is -2.86. The van der Waals surface area contributed by atoms with Gasteiger partial charge in [-0.25, -0.2) is 0 Å². The van der Waals surface area contributed by atoms with Crippen LogP contribution in [0, 0.1) is 5.92 Å². The molecule has 0 radical (unpaired) electrons. The zero-order valence-corrected chi connectivity index (χ0v) is 22.0. The number of hydrogen-bond donors (Lipinski definition) is 0. The standard InChI is InChI=1S/C28H30N2O4Se/c1-4-18-17-29(14-15-35-19-10-6-5-7-11-19)23-16-21(18)25(27(31)33-2)24-20-12-8-9-13-22(20)30(26(23)24)28(32)34-3/h4-13,21,23,25H,14-17H2,1-3H3/b18-4-/t21-,23-,25-/m0/s1. The quantitative estimate of drug-likeness (QED) is 0.276. The number of likely N-dealkylation sites (tertiary alicyclic amines) is 1. The van der Waals surface area contributed by atoms with E-state index in [1.165, 1.54) is 24.3 Å². The summed E-state index contributed by atoms with van der Waals surface area (Å²) in [6.45, 7) is 3.77. The molecule has 3 atom stereocenters. The molecule has 3 aromatic rings. The Morgan fingerprint density at radius 1 is 1.06 bits per heavy atom. The number of ether oxygens (including phenoxy) is 2. The molecular formula is C28H30N2O4Se. The second kappa shape index (κ2) is 10.0. The third kappa shape index (κ3) is 4.12. The van der Waals surface area contributed by atoms with Crippen molar-refractivity contribution in [3.05, 3.63) is 77.5 Å². The first kappa shape index (κ1) is 23.9. The Morgan fingerprint density at radius 2 is 1.80 bits per heavy atom. The van der Waals surface area contributed by atoms with E-state index in [4.69, 9.17) is 9.47 Å². The summed E-state index contributed by atoms with van der Waals surface area (Å²) in [5.41, 5.74) is 3.84. The Labute approximate surface area is 212 Å². The number of methoxy groups -OCH3 is 2. The summed E-state index contributed by atoms with van der Waals surface area (Å²) in [7, 11) is 2.86. The maximum atomic E-state index is 13.2. The van der Waals surface area contributed by atoms with Crippen molar-refractivity contribution in [2.75, 3.05) is 27.3 Å². The number of aromatic nitrogens is 1. The van der Waals surface area contributed by atoms with Gasteiger partial charge in [-0.15, -0.1) is 0 Å². The van der Waals surface area contributed by atoms with E-state index in [0.717, 1.165) is 47.0 Å². The van der Waals surface area contributed by atoms with Gasteiger partial charge in [-0.05, 0) is 0 Å². The number of carbonyl (C=O) groups is 2. The Balaban J connectivity index is 1.62. The number of piperidine rings is 1. The zero-order valence-electron chi connectivity index (χ0n) is 20.3. The SMILES string of the molecule is C/C=C1/CN(CC[Se]c2ccccc2)[C@H]2C[C@@H]1[C@H](C(=O)OC)c1c2n(C(=O)OC)c2ccccc12. The van der Waals surface area contributed by atoms with Gasteiger partial charge in [-0.1, -0.05) is 0 Å². The van der Waals surface area contributed by atoms with Gasteiger partial charge in [-0.3, -0.25) is 0 Å². The molecule has 2 aromatic carbocycles. The molecule has 35 heavy (non-hydrogen) atoms. The van der Waals surface area contributed by atoms with E-state index in [2.05, 4.69) is 48.2 Å². The molecule has 7 heteroatoms. The number of hydrogen-bond acceptors (Lipinski definition) is 5. The van der Waals surface area contributed by atoms with E-state index < -0.39 is 12.0 Å². The molecule has 5 rings (SSSR count). The molecule has 2 aliphatic rings. The molecule has 1 aliphatic heterocycles. The fraction of sp³-hybridized carbons (Fsp3) is 0.357. The van der Waals surface area contributed by atoms with Gasteiger partial charge >= 0.3 is 212 Å². The second-order valence-corrected chi connectivity index (χ2v) is 11.4. The average molecular weight is 538 g/mol. The molecule has 0 unspecified atom stereocenters. The number of esters is 1. The zero-order chi connectivity index (χ0) is 24.5. The molecule has 0 N–H and O–H groups in total. The van der Waals surface area contributed by atoms with Gasteiger partial charge < -0.3 is 0 Å². The minimum atomic E-state index is -0.441. The molecule has 0 saturated carbocycles. The summed E-state index contributed by atoms with van der Waals surface area (Å²) in [6.07, 6.45) is 2.52. The van der Waals surface area contributed by atoms with Crippen LogP contribution < -0.4 is 4.46 Å². The molecule has 182 valence electrons. The van der Waals surface area contributed by atoms with Crippen molar-refractivity contribution in [3.63, 3.8) is 0 Å². The van der Waals surface area contributed by atoms with Gasteiger partial charge in [0.15, 0.2) is 0 Å². The van der Waals surface area contributed by atoms with Crippen molar-refractivity contribution in [2.24, 2.45) is 5.92 Å². The van der Waals surface area contributed by atoms with E-state index in [0.29, 0.717) is 15.0 Å². The summed E-state index contributed by atoms with van der Waals surface area (Å²) >= 11 is 0.370. The van der Waals surface area contributed by atoms with E-state index >= 15 is 0 Å². The van der Waals surface area contributed by atoms with E-state index in [9.17, 15) is 9.59 Å². The van der Waals surface area contributed by atoms with Crippen LogP contribution >= 0.6 is 0 Å². The molecule has 0 amide bonds. The van der Waals surface area contributed by atoms with Crippen LogP contribution in [0.3, 0.4) is 0 Å². The normalized spacial score (nSPS) is 22.7. The third-order valence-electron chi connectivity index (χ3n) is 7.33. The van der Waals surface area contributed by atoms with Crippen LogP contribution in [0.25, 0.3) is 10.9 Å². The molecule has 1 aromatic heterocycles. The first-order valence-corrected chi connectivity index (χ1v) is 14.0. The first-order chi connectivity index (χ1) is 17.1. The van der Waals surface area contributed by atoms with Gasteiger partial charge in [0, 0.05) is 0 Å². The van der Waals surface area contributed by atoms with E-state index in [-0.39, 0.29) is 17.9 Å². The number of nitrogens with zero attached hydrogens (tertiary/aromatic N) is 2. The molecule has 2 bridgehead atoms. The third-order valence-corrected chi connectivity index (χ3v) is 9.42. The van der Waals surface area contributed by atoms with Crippen LogP contribution in [0.15, 0.2) is 66.2 Å². The minimum absolute atomic E-state index is 0.0256. The van der Waals surface area contributed by atoms with Crippen LogP contribution in [-0.4, -0.2) is 63.8 Å². The fourth-order valence-corrected chi connectivity index (χ4v) is 7.73. The van der Waals surface area contributed by atoms with Crippen molar-refractivity contribution in [1.82, 2.24) is 9.47 Å². The average Bonchev–Trinajstić information content (AvgIpc) is 3.24. The summed E-state index contributed by atoms with van der Waals surface area (Å²) in [5.74, 6) is -0.635. The number of carbonyl (C=O) groups excluding carboxylic acids is 2. The van der Waals surface area contributed by atoms with Crippen molar-refractivity contribution < 1.29 is 19.1 Å². The van der Waals surface area contributed by atoms with Crippen molar-refractivity contribution >= 4 is 42.4 Å². The second-order valence-electron chi connectivity index (χ2n) is 8.98. The van der Waals surface area contributed by atoms with Gasteiger partial charge in [0.05, 0.1) is 0 Å². The topological polar surface area (TPSA) is 60.8 Å². The van der Waals surface area contributed by atoms with Crippen molar-refractivity contribution in [2.45, 2.75) is 30.6 Å². The first-order valence-electron chi connectivity index (χ1n) is 11.9. The Bertz CT molecular complexity index is 1280. The molecule has 1 saturated heterocycles. The van der Waals surface area contributed by atoms with Crippen molar-refractivity contribution in [1.29, 1.82) is 0 Å². The maximum absolute atomic E-state index is 13.2. The predicted molar refractivity (Wildman–Crippen MR) is 137 cm³/mol. The molecular weight excluding hydrogens is 507 g/mol. The van der Waals surface area contributed by atoms with Gasteiger partial charge in [-0.2, -0.15) is 0 Å². The fourth-order valence-electron chi connectivity index (χ4n) is 5.81. The molecule has 6 nitrogen and oxygen atoms in total. The van der Waals surface area contributed by atoms with Crippen LogP contribution in [-0.2, 0) is 14.3 Å². The van der Waals surface area contributed by atoms with Crippen LogP contribution in [0.4, 0.5) is 4.79 Å². The van der Waals surface area contributed by atoms with Crippen LogP contribution in [0.1, 0.15) is 36.6 Å². The number of para-hydroxylation sites is 1. The predicted octanol–water partition coefficient (Wildman–Crippen LogP) is 4.28. The van der Waals surface area contributed by atoms with Crippen LogP contribution in [0.5, 0.6) is 0 Å². The number of rotatable bonds is 5. The number of fused-ring (bicyclic) bond motifs is 6. The Morgan fingerprint density at radius 3 is 2.51 bits per heavy atom. The molecule has 0 spiro atoms. The molecule has 1 aliphatic carbocycles. The van der Waals surface area contributed by atoms with Crippen LogP contribution in [0.2, 0.25) is 5.32 Å². The van der Waals surface area contributed by atoms with Crippen molar-refractivity contribution in [3.8, 4) is 0 Å². The number of allylic oxidation sites excluding steroid dienone is 1.